The molecule has 4 nitrogen and oxygen atoms in total. The van der Waals surface area contributed by atoms with Crippen molar-refractivity contribution in [3.05, 3.63) is 76.9 Å². The fourth-order valence-corrected chi connectivity index (χ4v) is 3.58. The molecule has 2 aromatic carbocycles. The summed E-state index contributed by atoms with van der Waals surface area (Å²) < 4.78 is 45.1. The summed E-state index contributed by atoms with van der Waals surface area (Å²) >= 11 is 0. The Kier molecular flexibility index (Phi) is 6.29. The molecule has 0 saturated carbocycles. The quantitative estimate of drug-likeness (QED) is 0.624. The molecule has 1 heterocycles. The maximum atomic E-state index is 13.2. The van der Waals surface area contributed by atoms with E-state index in [1.54, 1.807) is 42.6 Å². The van der Waals surface area contributed by atoms with E-state index in [0.29, 0.717) is 30.4 Å². The number of esters is 1. The third-order valence-corrected chi connectivity index (χ3v) is 5.27. The smallest absolute Gasteiger partial charge is 0.420 e. The number of rotatable bonds is 7. The number of allylic oxidation sites excluding steroid dienone is 1. The minimum Gasteiger partial charge on any atom is -0.507 e. The van der Waals surface area contributed by atoms with Crippen molar-refractivity contribution in [1.29, 1.82) is 0 Å². The van der Waals surface area contributed by atoms with Gasteiger partial charge in [0, 0.05) is 12.6 Å². The van der Waals surface area contributed by atoms with Crippen molar-refractivity contribution in [3.63, 3.8) is 0 Å². The van der Waals surface area contributed by atoms with Crippen LogP contribution in [0.1, 0.15) is 39.9 Å². The summed E-state index contributed by atoms with van der Waals surface area (Å²) in [5.74, 6) is -1.20. The lowest BCUT2D eigenvalue weighted by Crippen LogP contribution is -2.26. The lowest BCUT2D eigenvalue weighted by Gasteiger charge is -2.25. The molecule has 7 heteroatoms. The summed E-state index contributed by atoms with van der Waals surface area (Å²) in [6.45, 7) is 1.50. The first-order valence-corrected chi connectivity index (χ1v) is 9.56. The highest BCUT2D eigenvalue weighted by Gasteiger charge is 2.37. The van der Waals surface area contributed by atoms with Crippen LogP contribution in [0, 0.1) is 6.92 Å². The predicted molar refractivity (Wildman–Crippen MR) is 108 cm³/mol. The number of nitrogens with zero attached hydrogens (tertiary/aromatic N) is 1. The van der Waals surface area contributed by atoms with Crippen molar-refractivity contribution >= 4 is 12.2 Å². The number of alkyl halides is 3. The molecular formula is C23H22F3NO3. The van der Waals surface area contributed by atoms with Crippen LogP contribution < -0.4 is 0 Å². The van der Waals surface area contributed by atoms with E-state index in [2.05, 4.69) is 4.99 Å². The summed E-state index contributed by atoms with van der Waals surface area (Å²) in [5, 5.41) is 9.64. The Morgan fingerprint density at radius 2 is 1.87 bits per heavy atom. The van der Waals surface area contributed by atoms with Gasteiger partial charge in [-0.2, -0.15) is 13.2 Å². The average Bonchev–Trinajstić information content (AvgIpc) is 3.16. The van der Waals surface area contributed by atoms with Gasteiger partial charge in [-0.15, -0.1) is 0 Å². The fourth-order valence-electron chi connectivity index (χ4n) is 3.58. The van der Waals surface area contributed by atoms with E-state index < -0.39 is 29.0 Å². The lowest BCUT2D eigenvalue weighted by atomic mass is 9.87. The van der Waals surface area contributed by atoms with Crippen molar-refractivity contribution in [3.8, 4) is 5.75 Å². The van der Waals surface area contributed by atoms with Gasteiger partial charge in [-0.1, -0.05) is 30.3 Å². The Morgan fingerprint density at radius 1 is 1.13 bits per heavy atom. The van der Waals surface area contributed by atoms with Crippen LogP contribution in [0.25, 0.3) is 0 Å². The van der Waals surface area contributed by atoms with Crippen LogP contribution in [0.5, 0.6) is 5.75 Å². The van der Waals surface area contributed by atoms with Gasteiger partial charge in [0.05, 0.1) is 17.7 Å². The SMILES string of the molecule is Cc1c(CCC2(CCOC(=O)c3ccccc3)C=CC=N2)ccc(O)c1C(F)(F)F. The maximum absolute atomic E-state index is 13.2. The average molecular weight is 417 g/mol. The molecule has 1 atom stereocenters. The zero-order valence-corrected chi connectivity index (χ0v) is 16.4. The highest BCUT2D eigenvalue weighted by Crippen LogP contribution is 2.40. The van der Waals surface area contributed by atoms with Gasteiger partial charge in [-0.3, -0.25) is 4.99 Å². The van der Waals surface area contributed by atoms with E-state index in [4.69, 9.17) is 4.74 Å². The molecule has 1 N–H and O–H groups in total. The fraction of sp³-hybridized carbons (Fsp3) is 0.304. The van der Waals surface area contributed by atoms with Crippen LogP contribution in [0.15, 0.2) is 59.6 Å². The number of aliphatic imine (C=N–C) groups is 1. The molecule has 0 bridgehead atoms. The van der Waals surface area contributed by atoms with E-state index in [-0.39, 0.29) is 12.2 Å². The van der Waals surface area contributed by atoms with E-state index >= 15 is 0 Å². The first-order valence-electron chi connectivity index (χ1n) is 9.56. The van der Waals surface area contributed by atoms with Crippen molar-refractivity contribution in [1.82, 2.24) is 0 Å². The Morgan fingerprint density at radius 3 is 2.50 bits per heavy atom. The van der Waals surface area contributed by atoms with E-state index in [1.165, 1.54) is 13.0 Å². The van der Waals surface area contributed by atoms with Crippen LogP contribution in [0.4, 0.5) is 13.2 Å². The zero-order valence-electron chi connectivity index (χ0n) is 16.4. The normalized spacial score (nSPS) is 18.0. The van der Waals surface area contributed by atoms with E-state index in [0.717, 1.165) is 6.07 Å². The molecule has 3 rings (SSSR count). The molecule has 0 saturated heterocycles. The number of aryl methyl sites for hydroxylation is 1. The van der Waals surface area contributed by atoms with Crippen LogP contribution >= 0.6 is 0 Å². The van der Waals surface area contributed by atoms with Crippen LogP contribution in [0.3, 0.4) is 0 Å². The number of phenolic OH excluding ortho intramolecular Hbond substituents is 1. The van der Waals surface area contributed by atoms with Gasteiger partial charge in [-0.25, -0.2) is 4.79 Å². The summed E-state index contributed by atoms with van der Waals surface area (Å²) in [6.07, 6.45) is 1.88. The maximum Gasteiger partial charge on any atom is 0.420 e. The standard InChI is InChI=1S/C23H22F3NO3/c1-16-17(8-9-19(28)20(16)23(24,25)26)10-12-22(11-5-14-27-22)13-15-30-21(29)18-6-3-2-4-7-18/h2-9,11,14,28H,10,12-13,15H2,1H3. The summed E-state index contributed by atoms with van der Waals surface area (Å²) in [7, 11) is 0. The number of hydrogen-bond acceptors (Lipinski definition) is 4. The number of carbonyl (C=O) groups is 1. The number of phenols is 1. The topological polar surface area (TPSA) is 58.9 Å². The summed E-state index contributed by atoms with van der Waals surface area (Å²) in [6, 6.07) is 11.2. The molecule has 158 valence electrons. The van der Waals surface area contributed by atoms with Crippen molar-refractivity contribution < 1.29 is 27.8 Å². The van der Waals surface area contributed by atoms with Gasteiger partial charge in [-0.05, 0) is 55.2 Å². The third kappa shape index (κ3) is 4.90. The Labute approximate surface area is 172 Å². The molecular weight excluding hydrogens is 395 g/mol. The lowest BCUT2D eigenvalue weighted by molar-refractivity contribution is -0.139. The molecule has 1 aliphatic rings. The monoisotopic (exact) mass is 417 g/mol. The van der Waals surface area contributed by atoms with Gasteiger partial charge < -0.3 is 9.84 Å². The second-order valence-corrected chi connectivity index (χ2v) is 7.23. The van der Waals surface area contributed by atoms with Crippen LogP contribution in [0.2, 0.25) is 0 Å². The number of hydrogen-bond donors (Lipinski definition) is 1. The second kappa shape index (κ2) is 8.73. The summed E-state index contributed by atoms with van der Waals surface area (Å²) in [5.41, 5.74) is -0.678. The van der Waals surface area contributed by atoms with Crippen molar-refractivity contribution in [2.24, 2.45) is 4.99 Å². The number of halogens is 3. The molecule has 0 amide bonds. The molecule has 0 aromatic heterocycles. The van der Waals surface area contributed by atoms with E-state index in [9.17, 15) is 23.1 Å². The molecule has 0 fully saturated rings. The van der Waals surface area contributed by atoms with Crippen molar-refractivity contribution in [2.75, 3.05) is 6.61 Å². The molecule has 0 radical (unpaired) electrons. The molecule has 0 spiro atoms. The molecule has 2 aromatic rings. The van der Waals surface area contributed by atoms with Gasteiger partial charge in [0.1, 0.15) is 11.3 Å². The summed E-state index contributed by atoms with van der Waals surface area (Å²) in [4.78, 5) is 16.6. The largest absolute Gasteiger partial charge is 0.507 e. The highest BCUT2D eigenvalue weighted by molar-refractivity contribution is 5.89. The Bertz CT molecular complexity index is 954. The third-order valence-electron chi connectivity index (χ3n) is 5.27. The first kappa shape index (κ1) is 21.6. The Balaban J connectivity index is 1.66. The van der Waals surface area contributed by atoms with Crippen molar-refractivity contribution in [2.45, 2.75) is 37.9 Å². The zero-order chi connectivity index (χ0) is 21.8. The molecule has 30 heavy (non-hydrogen) atoms. The van der Waals surface area contributed by atoms with E-state index in [1.807, 2.05) is 6.08 Å². The van der Waals surface area contributed by atoms with Gasteiger partial charge in [0.25, 0.3) is 0 Å². The van der Waals surface area contributed by atoms with Gasteiger partial charge >= 0.3 is 12.1 Å². The number of benzene rings is 2. The number of aromatic hydroxyl groups is 1. The van der Waals surface area contributed by atoms with Crippen LogP contribution in [-0.4, -0.2) is 29.4 Å². The first-order chi connectivity index (χ1) is 14.2. The minimum atomic E-state index is -4.63. The molecule has 1 aliphatic heterocycles. The predicted octanol–water partition coefficient (Wildman–Crippen LogP) is 5.28. The Hall–Kier alpha value is -3.09. The van der Waals surface area contributed by atoms with Gasteiger partial charge in [0.2, 0.25) is 0 Å². The van der Waals surface area contributed by atoms with Gasteiger partial charge in [0.15, 0.2) is 0 Å². The molecule has 1 unspecified atom stereocenters. The number of carbonyl (C=O) groups excluding carboxylic acids is 1. The van der Waals surface area contributed by atoms with Crippen LogP contribution in [-0.2, 0) is 17.3 Å². The molecule has 0 aliphatic carbocycles. The minimum absolute atomic E-state index is 0.0131. The highest BCUT2D eigenvalue weighted by atomic mass is 19.4. The second-order valence-electron chi connectivity index (χ2n) is 7.23. The number of ether oxygens (including phenoxy) is 1.